The number of para-hydroxylation sites is 1. The van der Waals surface area contributed by atoms with Gasteiger partial charge < -0.3 is 10.6 Å². The summed E-state index contributed by atoms with van der Waals surface area (Å²) in [6.07, 6.45) is 0. The van der Waals surface area contributed by atoms with Crippen LogP contribution in [0.1, 0.15) is 10.4 Å². The highest BCUT2D eigenvalue weighted by atomic mass is 35.5. The molecular weight excluding hydrogens is 244 g/mol. The topological polar surface area (TPSA) is 41.1 Å². The first-order chi connectivity index (χ1) is 7.75. The van der Waals surface area contributed by atoms with E-state index in [2.05, 4.69) is 10.6 Å². The maximum absolute atomic E-state index is 11.9. The van der Waals surface area contributed by atoms with Crippen molar-refractivity contribution >= 4 is 45.9 Å². The van der Waals surface area contributed by atoms with Crippen molar-refractivity contribution in [3.05, 3.63) is 39.5 Å². The van der Waals surface area contributed by atoms with Gasteiger partial charge in [0.25, 0.3) is 5.91 Å². The standard InChI is InChI=1S/C11H7ClN2OS/c12-7-2-1-3-8-10(7)13-9-5-16-4-6(9)11(15)14-8/h1-5,13H,(H,14,15). The smallest absolute Gasteiger partial charge is 0.258 e. The summed E-state index contributed by atoms with van der Waals surface area (Å²) in [5.74, 6) is -0.107. The van der Waals surface area contributed by atoms with Crippen LogP contribution in [0.5, 0.6) is 0 Å². The molecule has 80 valence electrons. The molecule has 0 aliphatic carbocycles. The predicted molar refractivity (Wildman–Crippen MR) is 67.0 cm³/mol. The van der Waals surface area contributed by atoms with Crippen molar-refractivity contribution in [2.24, 2.45) is 0 Å². The molecule has 0 spiro atoms. The van der Waals surface area contributed by atoms with Gasteiger partial charge in [-0.25, -0.2) is 0 Å². The number of hydrogen-bond acceptors (Lipinski definition) is 3. The number of anilines is 3. The zero-order valence-corrected chi connectivity index (χ0v) is 9.65. The zero-order valence-electron chi connectivity index (χ0n) is 8.08. The molecule has 3 rings (SSSR count). The number of halogens is 1. The van der Waals surface area contributed by atoms with Crippen LogP contribution in [0, 0.1) is 0 Å². The number of hydrogen-bond donors (Lipinski definition) is 2. The van der Waals surface area contributed by atoms with Crippen LogP contribution in [0.4, 0.5) is 17.1 Å². The molecule has 1 aromatic heterocycles. The molecule has 1 aliphatic heterocycles. The van der Waals surface area contributed by atoms with Crippen LogP contribution < -0.4 is 10.6 Å². The Labute approximate surface area is 101 Å². The molecular formula is C11H7ClN2OS. The molecule has 0 bridgehead atoms. The predicted octanol–water partition coefficient (Wildman–Crippen LogP) is 3.71. The van der Waals surface area contributed by atoms with E-state index in [1.54, 1.807) is 6.07 Å². The van der Waals surface area contributed by atoms with Crippen molar-refractivity contribution in [1.82, 2.24) is 0 Å². The Kier molecular flexibility index (Phi) is 2.12. The number of amides is 1. The summed E-state index contributed by atoms with van der Waals surface area (Å²) in [7, 11) is 0. The fourth-order valence-corrected chi connectivity index (χ4v) is 2.63. The van der Waals surface area contributed by atoms with E-state index in [1.165, 1.54) is 11.3 Å². The maximum atomic E-state index is 11.9. The molecule has 3 nitrogen and oxygen atoms in total. The molecule has 2 aromatic rings. The van der Waals surface area contributed by atoms with E-state index in [9.17, 15) is 4.79 Å². The minimum Gasteiger partial charge on any atom is -0.351 e. The number of fused-ring (bicyclic) bond motifs is 2. The van der Waals surface area contributed by atoms with Crippen LogP contribution in [0.15, 0.2) is 29.0 Å². The Morgan fingerprint density at radius 2 is 2.00 bits per heavy atom. The van der Waals surface area contributed by atoms with E-state index in [1.807, 2.05) is 22.9 Å². The lowest BCUT2D eigenvalue weighted by molar-refractivity contribution is 0.102. The second kappa shape index (κ2) is 3.50. The Hall–Kier alpha value is -1.52. The van der Waals surface area contributed by atoms with Crippen LogP contribution in [0.2, 0.25) is 5.02 Å². The number of rotatable bonds is 0. The third-order valence-electron chi connectivity index (χ3n) is 2.43. The van der Waals surface area contributed by atoms with E-state index in [-0.39, 0.29) is 5.91 Å². The summed E-state index contributed by atoms with van der Waals surface area (Å²) >= 11 is 7.57. The lowest BCUT2D eigenvalue weighted by atomic mass is 10.2. The molecule has 0 saturated carbocycles. The van der Waals surface area contributed by atoms with Crippen LogP contribution in [0.3, 0.4) is 0 Å². The van der Waals surface area contributed by atoms with Crippen molar-refractivity contribution < 1.29 is 4.79 Å². The van der Waals surface area contributed by atoms with Crippen molar-refractivity contribution in [3.63, 3.8) is 0 Å². The molecule has 0 atom stereocenters. The lowest BCUT2D eigenvalue weighted by Gasteiger charge is -2.09. The van der Waals surface area contributed by atoms with E-state index < -0.39 is 0 Å². The largest absolute Gasteiger partial charge is 0.351 e. The fourth-order valence-electron chi connectivity index (χ4n) is 1.65. The summed E-state index contributed by atoms with van der Waals surface area (Å²) in [6.45, 7) is 0. The van der Waals surface area contributed by atoms with Crippen molar-refractivity contribution in [2.45, 2.75) is 0 Å². The first-order valence-electron chi connectivity index (χ1n) is 4.69. The zero-order chi connectivity index (χ0) is 11.1. The van der Waals surface area contributed by atoms with Crippen LogP contribution in [-0.4, -0.2) is 5.91 Å². The molecule has 0 saturated heterocycles. The van der Waals surface area contributed by atoms with Gasteiger partial charge in [0.05, 0.1) is 27.6 Å². The molecule has 1 aliphatic rings. The van der Waals surface area contributed by atoms with Gasteiger partial charge in [0.2, 0.25) is 0 Å². The summed E-state index contributed by atoms with van der Waals surface area (Å²) < 4.78 is 0. The second-order valence-corrected chi connectivity index (χ2v) is 4.59. The van der Waals surface area contributed by atoms with Gasteiger partial charge in [0.15, 0.2) is 0 Å². The van der Waals surface area contributed by atoms with Crippen LogP contribution in [-0.2, 0) is 0 Å². The number of thiophene rings is 1. The SMILES string of the molecule is O=C1Nc2cccc(Cl)c2Nc2cscc21. The molecule has 0 unspecified atom stereocenters. The molecule has 5 heteroatoms. The number of carbonyl (C=O) groups is 1. The number of benzene rings is 1. The monoisotopic (exact) mass is 250 g/mol. The molecule has 2 heterocycles. The van der Waals surface area contributed by atoms with Crippen molar-refractivity contribution in [3.8, 4) is 0 Å². The molecule has 2 N–H and O–H groups in total. The van der Waals surface area contributed by atoms with E-state index in [0.717, 1.165) is 11.4 Å². The van der Waals surface area contributed by atoms with Gasteiger partial charge in [0.1, 0.15) is 0 Å². The van der Waals surface area contributed by atoms with Crippen LogP contribution >= 0.6 is 22.9 Å². The van der Waals surface area contributed by atoms with Gasteiger partial charge in [-0.05, 0) is 12.1 Å². The first kappa shape index (κ1) is 9.69. The quantitative estimate of drug-likeness (QED) is 0.748. The van der Waals surface area contributed by atoms with Gasteiger partial charge in [-0.3, -0.25) is 4.79 Å². The third-order valence-corrected chi connectivity index (χ3v) is 3.49. The average Bonchev–Trinajstić information content (AvgIpc) is 2.66. The summed E-state index contributed by atoms with van der Waals surface area (Å²) in [4.78, 5) is 11.9. The Morgan fingerprint density at radius 1 is 1.12 bits per heavy atom. The van der Waals surface area contributed by atoms with E-state index in [4.69, 9.17) is 11.6 Å². The second-order valence-electron chi connectivity index (χ2n) is 3.44. The molecule has 1 amide bonds. The normalized spacial score (nSPS) is 13.2. The number of carbonyl (C=O) groups excluding carboxylic acids is 1. The maximum Gasteiger partial charge on any atom is 0.258 e. The Bertz CT molecular complexity index is 579. The molecule has 0 radical (unpaired) electrons. The van der Waals surface area contributed by atoms with Crippen molar-refractivity contribution in [2.75, 3.05) is 10.6 Å². The molecule has 16 heavy (non-hydrogen) atoms. The first-order valence-corrected chi connectivity index (χ1v) is 6.01. The highest BCUT2D eigenvalue weighted by Gasteiger charge is 2.20. The van der Waals surface area contributed by atoms with E-state index >= 15 is 0 Å². The van der Waals surface area contributed by atoms with Gasteiger partial charge >= 0.3 is 0 Å². The average molecular weight is 251 g/mol. The van der Waals surface area contributed by atoms with Gasteiger partial charge in [-0.1, -0.05) is 17.7 Å². The van der Waals surface area contributed by atoms with Gasteiger partial charge in [-0.15, -0.1) is 11.3 Å². The van der Waals surface area contributed by atoms with E-state index in [0.29, 0.717) is 16.3 Å². The highest BCUT2D eigenvalue weighted by Crippen LogP contribution is 2.37. The lowest BCUT2D eigenvalue weighted by Crippen LogP contribution is -2.09. The number of nitrogens with one attached hydrogen (secondary N) is 2. The van der Waals surface area contributed by atoms with Gasteiger partial charge in [0, 0.05) is 10.8 Å². The summed E-state index contributed by atoms with van der Waals surface area (Å²) in [6, 6.07) is 5.42. The Morgan fingerprint density at radius 3 is 2.88 bits per heavy atom. The Balaban J connectivity index is 2.21. The third kappa shape index (κ3) is 1.38. The molecule has 1 aromatic carbocycles. The van der Waals surface area contributed by atoms with Crippen molar-refractivity contribution in [1.29, 1.82) is 0 Å². The summed E-state index contributed by atoms with van der Waals surface area (Å²) in [5.41, 5.74) is 2.90. The minimum atomic E-state index is -0.107. The highest BCUT2D eigenvalue weighted by molar-refractivity contribution is 7.08. The van der Waals surface area contributed by atoms with Gasteiger partial charge in [-0.2, -0.15) is 0 Å². The molecule has 0 fully saturated rings. The summed E-state index contributed by atoms with van der Waals surface area (Å²) in [5, 5.41) is 10.3. The van der Waals surface area contributed by atoms with Crippen LogP contribution in [0.25, 0.3) is 0 Å². The fraction of sp³-hybridized carbons (Fsp3) is 0. The minimum absolute atomic E-state index is 0.107.